The second-order valence-corrected chi connectivity index (χ2v) is 6.13. The number of methoxy groups -OCH3 is 1. The van der Waals surface area contributed by atoms with Gasteiger partial charge in [0.1, 0.15) is 11.3 Å². The van der Waals surface area contributed by atoms with Gasteiger partial charge in [-0.05, 0) is 36.0 Å². The molecular formula is C20H20O4. The molecule has 0 fully saturated rings. The van der Waals surface area contributed by atoms with Gasteiger partial charge >= 0.3 is 5.97 Å². The molecule has 0 amide bonds. The highest BCUT2D eigenvalue weighted by Gasteiger charge is 2.32. The van der Waals surface area contributed by atoms with Gasteiger partial charge in [0.2, 0.25) is 0 Å². The van der Waals surface area contributed by atoms with Crippen molar-refractivity contribution in [1.29, 1.82) is 0 Å². The van der Waals surface area contributed by atoms with Crippen LogP contribution in [0.25, 0.3) is 11.1 Å². The zero-order valence-electron chi connectivity index (χ0n) is 13.8. The highest BCUT2D eigenvalue weighted by molar-refractivity contribution is 6.02. The molecule has 0 bridgehead atoms. The predicted octanol–water partition coefficient (Wildman–Crippen LogP) is 3.54. The standard InChI is InChI=1S/C20H20O4/c1-22-20(21)18-17(13-6-3-2-4-7-13)14-9-11-23-12-16(14)15-8-5-10-24-19(15)18/h2-4,6-7H,5,8-12H2,1H3. The molecule has 4 nitrogen and oxygen atoms in total. The van der Waals surface area contributed by atoms with Crippen LogP contribution in [0.15, 0.2) is 30.3 Å². The summed E-state index contributed by atoms with van der Waals surface area (Å²) in [5, 5.41) is 0. The Hall–Kier alpha value is -2.33. The molecule has 0 aliphatic carbocycles. The Bertz CT molecular complexity index is 780. The summed E-state index contributed by atoms with van der Waals surface area (Å²) in [4.78, 5) is 12.6. The largest absolute Gasteiger partial charge is 0.492 e. The van der Waals surface area contributed by atoms with Crippen LogP contribution < -0.4 is 4.74 Å². The predicted molar refractivity (Wildman–Crippen MR) is 90.4 cm³/mol. The lowest BCUT2D eigenvalue weighted by atomic mass is 9.83. The lowest BCUT2D eigenvalue weighted by molar-refractivity contribution is 0.0594. The average molecular weight is 324 g/mol. The smallest absolute Gasteiger partial charge is 0.342 e. The average Bonchev–Trinajstić information content (AvgIpc) is 2.67. The Labute approximate surface area is 141 Å². The van der Waals surface area contributed by atoms with E-state index in [1.807, 2.05) is 30.3 Å². The summed E-state index contributed by atoms with van der Waals surface area (Å²) in [6.07, 6.45) is 2.68. The second-order valence-electron chi connectivity index (χ2n) is 6.13. The first kappa shape index (κ1) is 15.2. The van der Waals surface area contributed by atoms with Crippen LogP contribution in [0.4, 0.5) is 0 Å². The molecule has 4 rings (SSSR count). The van der Waals surface area contributed by atoms with Gasteiger partial charge in [-0.1, -0.05) is 30.3 Å². The summed E-state index contributed by atoms with van der Waals surface area (Å²) < 4.78 is 16.8. The Kier molecular flexibility index (Phi) is 3.98. The quantitative estimate of drug-likeness (QED) is 0.793. The van der Waals surface area contributed by atoms with E-state index in [-0.39, 0.29) is 5.97 Å². The van der Waals surface area contributed by atoms with Gasteiger partial charge in [0.05, 0.1) is 26.9 Å². The SMILES string of the molecule is COC(=O)c1c2c(c3c(c1-c1ccccc1)CCOC3)CCCO2. The van der Waals surface area contributed by atoms with Gasteiger partial charge in [-0.2, -0.15) is 0 Å². The minimum Gasteiger partial charge on any atom is -0.492 e. The van der Waals surface area contributed by atoms with E-state index in [0.717, 1.165) is 36.0 Å². The van der Waals surface area contributed by atoms with Gasteiger partial charge in [0.25, 0.3) is 0 Å². The van der Waals surface area contributed by atoms with Crippen molar-refractivity contribution in [2.45, 2.75) is 25.9 Å². The molecular weight excluding hydrogens is 304 g/mol. The van der Waals surface area contributed by atoms with Gasteiger partial charge in [-0.25, -0.2) is 4.79 Å². The first-order valence-electron chi connectivity index (χ1n) is 8.36. The molecule has 0 N–H and O–H groups in total. The highest BCUT2D eigenvalue weighted by atomic mass is 16.5. The third-order valence-electron chi connectivity index (χ3n) is 4.79. The van der Waals surface area contributed by atoms with Crippen molar-refractivity contribution < 1.29 is 19.0 Å². The van der Waals surface area contributed by atoms with Crippen LogP contribution in [-0.2, 0) is 28.9 Å². The summed E-state index contributed by atoms with van der Waals surface area (Å²) >= 11 is 0. The number of esters is 1. The van der Waals surface area contributed by atoms with Crippen molar-refractivity contribution in [2.75, 3.05) is 20.3 Å². The van der Waals surface area contributed by atoms with Gasteiger partial charge in [-0.15, -0.1) is 0 Å². The van der Waals surface area contributed by atoms with Crippen molar-refractivity contribution in [3.05, 3.63) is 52.6 Å². The molecule has 0 unspecified atom stereocenters. The maximum Gasteiger partial charge on any atom is 0.342 e. The van der Waals surface area contributed by atoms with Crippen LogP contribution in [0, 0.1) is 0 Å². The summed E-state index contributed by atoms with van der Waals surface area (Å²) in [5.74, 6) is 0.359. The Morgan fingerprint density at radius 2 is 1.88 bits per heavy atom. The molecule has 2 aromatic rings. The highest BCUT2D eigenvalue weighted by Crippen LogP contribution is 2.44. The zero-order chi connectivity index (χ0) is 16.5. The van der Waals surface area contributed by atoms with E-state index in [0.29, 0.717) is 31.1 Å². The zero-order valence-corrected chi connectivity index (χ0v) is 13.8. The van der Waals surface area contributed by atoms with E-state index in [2.05, 4.69) is 0 Å². The van der Waals surface area contributed by atoms with E-state index in [1.54, 1.807) is 0 Å². The molecule has 0 saturated carbocycles. The van der Waals surface area contributed by atoms with Crippen LogP contribution in [0.1, 0.15) is 33.5 Å². The molecule has 2 aliphatic rings. The molecule has 2 aromatic carbocycles. The molecule has 24 heavy (non-hydrogen) atoms. The molecule has 0 saturated heterocycles. The van der Waals surface area contributed by atoms with Crippen molar-refractivity contribution >= 4 is 5.97 Å². The normalized spacial score (nSPS) is 15.9. The van der Waals surface area contributed by atoms with Gasteiger partial charge in [-0.3, -0.25) is 0 Å². The van der Waals surface area contributed by atoms with Gasteiger partial charge in [0, 0.05) is 11.1 Å². The van der Waals surface area contributed by atoms with E-state index in [9.17, 15) is 4.79 Å². The van der Waals surface area contributed by atoms with Crippen LogP contribution in [0.5, 0.6) is 5.75 Å². The summed E-state index contributed by atoms with van der Waals surface area (Å²) in [5.41, 5.74) is 6.06. The fourth-order valence-corrected chi connectivity index (χ4v) is 3.75. The molecule has 0 radical (unpaired) electrons. The topological polar surface area (TPSA) is 44.8 Å². The Morgan fingerprint density at radius 1 is 1.04 bits per heavy atom. The Balaban J connectivity index is 2.08. The monoisotopic (exact) mass is 324 g/mol. The molecule has 124 valence electrons. The van der Waals surface area contributed by atoms with E-state index >= 15 is 0 Å². The van der Waals surface area contributed by atoms with Crippen LogP contribution in [-0.4, -0.2) is 26.3 Å². The molecule has 0 atom stereocenters. The maximum absolute atomic E-state index is 12.6. The Morgan fingerprint density at radius 3 is 2.67 bits per heavy atom. The van der Waals surface area contributed by atoms with Gasteiger partial charge < -0.3 is 14.2 Å². The number of hydrogen-bond donors (Lipinski definition) is 0. The number of ether oxygens (including phenoxy) is 3. The number of hydrogen-bond acceptors (Lipinski definition) is 4. The number of carbonyl (C=O) groups excluding carboxylic acids is 1. The fourth-order valence-electron chi connectivity index (χ4n) is 3.75. The summed E-state index contributed by atoms with van der Waals surface area (Å²) in [6, 6.07) is 10.0. The van der Waals surface area contributed by atoms with E-state index < -0.39 is 0 Å². The van der Waals surface area contributed by atoms with Gasteiger partial charge in [0.15, 0.2) is 0 Å². The minimum atomic E-state index is -0.332. The van der Waals surface area contributed by atoms with Crippen LogP contribution in [0.3, 0.4) is 0 Å². The number of rotatable bonds is 2. The first-order chi connectivity index (χ1) is 11.8. The minimum absolute atomic E-state index is 0.332. The van der Waals surface area contributed by atoms with Crippen LogP contribution >= 0.6 is 0 Å². The van der Waals surface area contributed by atoms with Crippen molar-refractivity contribution in [3.63, 3.8) is 0 Å². The molecule has 2 heterocycles. The van der Waals surface area contributed by atoms with Crippen molar-refractivity contribution in [2.24, 2.45) is 0 Å². The first-order valence-corrected chi connectivity index (χ1v) is 8.36. The third-order valence-corrected chi connectivity index (χ3v) is 4.79. The number of benzene rings is 2. The number of carbonyl (C=O) groups is 1. The lowest BCUT2D eigenvalue weighted by Gasteiger charge is -2.30. The molecule has 0 aromatic heterocycles. The van der Waals surface area contributed by atoms with E-state index in [1.165, 1.54) is 18.2 Å². The molecule has 0 spiro atoms. The summed E-state index contributed by atoms with van der Waals surface area (Å²) in [7, 11) is 1.43. The molecule has 2 aliphatic heterocycles. The van der Waals surface area contributed by atoms with E-state index in [4.69, 9.17) is 14.2 Å². The fraction of sp³-hybridized carbons (Fsp3) is 0.350. The lowest BCUT2D eigenvalue weighted by Crippen LogP contribution is -2.22. The summed E-state index contributed by atoms with van der Waals surface area (Å²) in [6.45, 7) is 1.89. The second kappa shape index (κ2) is 6.29. The van der Waals surface area contributed by atoms with Crippen molar-refractivity contribution in [3.8, 4) is 16.9 Å². The third kappa shape index (κ3) is 2.38. The maximum atomic E-state index is 12.6. The van der Waals surface area contributed by atoms with Crippen molar-refractivity contribution in [1.82, 2.24) is 0 Å². The van der Waals surface area contributed by atoms with Crippen LogP contribution in [0.2, 0.25) is 0 Å². The molecule has 4 heteroatoms. The number of fused-ring (bicyclic) bond motifs is 3.